The Morgan fingerprint density at radius 2 is 0.596 bits per heavy atom. The lowest BCUT2D eigenvalue weighted by Crippen LogP contribution is -2.39. The van der Waals surface area contributed by atoms with Crippen LogP contribution in [0.2, 0.25) is 0 Å². The lowest BCUT2D eigenvalue weighted by Gasteiger charge is -2.12. The van der Waals surface area contributed by atoms with Crippen LogP contribution >= 0.6 is 0 Å². The Bertz CT molecular complexity index is 1130. The molecule has 0 aliphatic carbocycles. The normalized spacial score (nSPS) is 13.3. The predicted octanol–water partition coefficient (Wildman–Crippen LogP) is 11.5. The number of hydrogen-bond donors (Lipinski definition) is 3. The lowest BCUT2D eigenvalue weighted by atomic mass is 10.2. The fraction of sp³-hybridized carbons (Fsp3) is 0.447. The number of hydrogen-bond acceptors (Lipinski definition) is 3. The van der Waals surface area contributed by atoms with Crippen LogP contribution in [-0.2, 0) is 9.59 Å². The fourth-order valence-electron chi connectivity index (χ4n) is 4.42. The van der Waals surface area contributed by atoms with Gasteiger partial charge in [0.2, 0.25) is 11.8 Å². The highest BCUT2D eigenvalue weighted by Gasteiger charge is 2.08. The van der Waals surface area contributed by atoms with Crippen LogP contribution in [0.1, 0.15) is 117 Å². The smallest absolute Gasteiger partial charge is 0.220 e. The van der Waals surface area contributed by atoms with Crippen LogP contribution in [0.4, 0.5) is 0 Å². The van der Waals surface area contributed by atoms with Crippen LogP contribution < -0.4 is 10.6 Å². The summed E-state index contributed by atoms with van der Waals surface area (Å²) in [5.74, 6) is -0.217. The first-order valence-electron chi connectivity index (χ1n) is 19.6. The van der Waals surface area contributed by atoms with Gasteiger partial charge in [-0.3, -0.25) is 9.59 Å². The molecule has 3 N–H and O–H groups in total. The zero-order chi connectivity index (χ0) is 37.8. The van der Waals surface area contributed by atoms with Crippen molar-refractivity contribution in [2.24, 2.45) is 0 Å². The van der Waals surface area contributed by atoms with Crippen molar-refractivity contribution in [1.82, 2.24) is 10.6 Å². The van der Waals surface area contributed by atoms with Gasteiger partial charge in [-0.2, -0.15) is 0 Å². The van der Waals surface area contributed by atoms with Gasteiger partial charge in [-0.15, -0.1) is 0 Å². The average molecular weight is 711 g/mol. The highest BCUT2D eigenvalue weighted by atomic mass is 16.3. The third-order valence-corrected chi connectivity index (χ3v) is 7.34. The number of rotatable bonds is 32. The maximum atomic E-state index is 12.1. The first-order valence-corrected chi connectivity index (χ1v) is 19.6. The summed E-state index contributed by atoms with van der Waals surface area (Å²) in [7, 11) is 0. The molecular weight excluding hydrogens is 641 g/mol. The van der Waals surface area contributed by atoms with Gasteiger partial charge < -0.3 is 15.7 Å². The summed E-state index contributed by atoms with van der Waals surface area (Å²) >= 11 is 0. The molecule has 0 atom stereocenters. The maximum Gasteiger partial charge on any atom is 0.220 e. The Hall–Kier alpha value is -4.22. The van der Waals surface area contributed by atoms with Crippen molar-refractivity contribution in [3.05, 3.63) is 146 Å². The number of carbonyl (C=O) groups excluding carboxylic acids is 2. The molecule has 0 spiro atoms. The molecular formula is C47H70N2O3. The highest BCUT2D eigenvalue weighted by Crippen LogP contribution is 2.00. The Morgan fingerprint density at radius 1 is 0.385 bits per heavy atom. The minimum absolute atomic E-state index is 0.109. The van der Waals surface area contributed by atoms with E-state index in [0.717, 1.165) is 77.0 Å². The largest absolute Gasteiger partial charge is 0.389 e. The maximum absolute atomic E-state index is 12.1. The van der Waals surface area contributed by atoms with E-state index in [1.165, 1.54) is 0 Å². The van der Waals surface area contributed by atoms with E-state index >= 15 is 0 Å². The van der Waals surface area contributed by atoms with Crippen molar-refractivity contribution in [3.8, 4) is 0 Å². The van der Waals surface area contributed by atoms with Gasteiger partial charge in [0.1, 0.15) is 0 Å². The Kier molecular flexibility index (Phi) is 37.9. The quantitative estimate of drug-likeness (QED) is 0.0608. The topological polar surface area (TPSA) is 78.4 Å². The molecule has 0 aliphatic heterocycles. The summed E-state index contributed by atoms with van der Waals surface area (Å²) in [6.07, 6.45) is 64.6. The van der Waals surface area contributed by atoms with Crippen molar-refractivity contribution in [3.63, 3.8) is 0 Å². The summed E-state index contributed by atoms with van der Waals surface area (Å²) in [5, 5.41) is 15.6. The third-order valence-electron chi connectivity index (χ3n) is 7.34. The molecule has 0 fully saturated rings. The van der Waals surface area contributed by atoms with Gasteiger partial charge >= 0.3 is 0 Å². The minimum Gasteiger partial charge on any atom is -0.389 e. The minimum atomic E-state index is -0.815. The average Bonchev–Trinajstić information content (AvgIpc) is 3.15. The summed E-state index contributed by atoms with van der Waals surface area (Å²) in [6.45, 7) is 4.54. The Labute approximate surface area is 317 Å². The molecule has 5 nitrogen and oxygen atoms in total. The standard InChI is InChI=1S/C47H70N2O3/c1-3-5-7-9-11-13-15-17-19-21-23-25-27-29-31-33-35-37-39-41-46(51)48-43-45(50)44-49-47(52)42-40-38-36-34-32-30-28-26-24-22-20-18-16-14-12-10-8-6-4-2/h5-8,11-14,17-20,23-26,29-32,35-38,45,50H,3-4,9-10,15-16,21-22,27-28,33-34,39-44H2,1-2H3,(H,48,51)(H,49,52)/b7-5-,8-6-,13-11-,14-12-,19-17-,20-18-,25-23-,26-24-,31-29-,32-30-,37-35-,38-36-. The molecule has 2 amide bonds. The molecule has 286 valence electrons. The highest BCUT2D eigenvalue weighted by molar-refractivity contribution is 5.76. The summed E-state index contributed by atoms with van der Waals surface area (Å²) in [4.78, 5) is 24.1. The molecule has 5 heteroatoms. The number of carbonyl (C=O) groups is 2. The molecule has 0 aliphatic rings. The molecule has 0 aromatic heterocycles. The zero-order valence-corrected chi connectivity index (χ0v) is 32.4. The van der Waals surface area contributed by atoms with E-state index in [1.54, 1.807) is 0 Å². The zero-order valence-electron chi connectivity index (χ0n) is 32.4. The second-order valence-corrected chi connectivity index (χ2v) is 12.2. The Balaban J connectivity index is 3.75. The molecule has 0 bridgehead atoms. The Morgan fingerprint density at radius 3 is 0.827 bits per heavy atom. The van der Waals surface area contributed by atoms with E-state index in [1.807, 2.05) is 12.2 Å². The molecule has 0 aromatic rings. The lowest BCUT2D eigenvalue weighted by molar-refractivity contribution is -0.121. The number of nitrogens with one attached hydrogen (secondary N) is 2. The van der Waals surface area contributed by atoms with Gasteiger partial charge in [-0.05, 0) is 89.9 Å². The number of amides is 2. The molecule has 0 radical (unpaired) electrons. The van der Waals surface area contributed by atoms with Crippen molar-refractivity contribution in [2.45, 2.75) is 123 Å². The van der Waals surface area contributed by atoms with E-state index in [-0.39, 0.29) is 24.9 Å². The van der Waals surface area contributed by atoms with E-state index in [0.29, 0.717) is 25.7 Å². The fourth-order valence-corrected chi connectivity index (χ4v) is 4.42. The van der Waals surface area contributed by atoms with Crippen LogP contribution in [0.5, 0.6) is 0 Å². The van der Waals surface area contributed by atoms with Crippen LogP contribution in [-0.4, -0.2) is 36.1 Å². The molecule has 0 heterocycles. The van der Waals surface area contributed by atoms with Crippen molar-refractivity contribution in [2.75, 3.05) is 13.1 Å². The van der Waals surface area contributed by atoms with Gasteiger partial charge in [0.25, 0.3) is 0 Å². The van der Waals surface area contributed by atoms with Crippen LogP contribution in [0, 0.1) is 0 Å². The van der Waals surface area contributed by atoms with Crippen LogP contribution in [0.3, 0.4) is 0 Å². The van der Waals surface area contributed by atoms with E-state index in [4.69, 9.17) is 0 Å². The number of aliphatic hydroxyl groups is 1. The summed E-state index contributed by atoms with van der Waals surface area (Å²) in [5.41, 5.74) is 0. The summed E-state index contributed by atoms with van der Waals surface area (Å²) in [6, 6.07) is 0. The van der Waals surface area contributed by atoms with Crippen molar-refractivity contribution >= 4 is 11.8 Å². The predicted molar refractivity (Wildman–Crippen MR) is 227 cm³/mol. The SMILES string of the molecule is CC/C=C\C/C=C\C/C=C\C/C=C\C/C=C\C/C=C\CCC(=O)NCC(O)CNC(=O)CC/C=C\C/C=C\C/C=C\C/C=C\C/C=C\C/C=C\CC. The van der Waals surface area contributed by atoms with Crippen molar-refractivity contribution in [1.29, 1.82) is 0 Å². The monoisotopic (exact) mass is 711 g/mol. The second kappa shape index (κ2) is 41.2. The van der Waals surface area contributed by atoms with Crippen LogP contribution in [0.15, 0.2) is 146 Å². The molecule has 0 saturated carbocycles. The first-order chi connectivity index (χ1) is 25.6. The van der Waals surface area contributed by atoms with Gasteiger partial charge in [-0.1, -0.05) is 160 Å². The molecule has 0 aromatic carbocycles. The van der Waals surface area contributed by atoms with Gasteiger partial charge in [0.05, 0.1) is 6.10 Å². The van der Waals surface area contributed by atoms with E-state index in [2.05, 4.69) is 158 Å². The molecule has 0 rings (SSSR count). The number of allylic oxidation sites excluding steroid dienone is 24. The van der Waals surface area contributed by atoms with Gasteiger partial charge in [0.15, 0.2) is 0 Å². The number of aliphatic hydroxyl groups excluding tert-OH is 1. The molecule has 0 unspecified atom stereocenters. The second-order valence-electron chi connectivity index (χ2n) is 12.2. The van der Waals surface area contributed by atoms with E-state index in [9.17, 15) is 14.7 Å². The first kappa shape index (κ1) is 47.8. The molecule has 52 heavy (non-hydrogen) atoms. The van der Waals surface area contributed by atoms with Gasteiger partial charge in [0, 0.05) is 25.9 Å². The van der Waals surface area contributed by atoms with Crippen molar-refractivity contribution < 1.29 is 14.7 Å². The van der Waals surface area contributed by atoms with Gasteiger partial charge in [-0.25, -0.2) is 0 Å². The van der Waals surface area contributed by atoms with E-state index < -0.39 is 6.10 Å². The summed E-state index contributed by atoms with van der Waals surface area (Å²) < 4.78 is 0. The third kappa shape index (κ3) is 40.2. The molecule has 0 saturated heterocycles. The van der Waals surface area contributed by atoms with Crippen LogP contribution in [0.25, 0.3) is 0 Å².